The summed E-state index contributed by atoms with van der Waals surface area (Å²) < 4.78 is 0. The highest BCUT2D eigenvalue weighted by atomic mass is 15.2. The van der Waals surface area contributed by atoms with Gasteiger partial charge in [-0.05, 0) is 52.7 Å². The number of rotatable bonds is 9. The van der Waals surface area contributed by atoms with Crippen LogP contribution in [-0.2, 0) is 0 Å². The van der Waals surface area contributed by atoms with Crippen LogP contribution in [0, 0.1) is 5.92 Å². The van der Waals surface area contributed by atoms with E-state index in [4.69, 9.17) is 0 Å². The first kappa shape index (κ1) is 17.3. The molecule has 1 fully saturated rings. The fourth-order valence-corrected chi connectivity index (χ4v) is 2.82. The van der Waals surface area contributed by atoms with E-state index in [1.54, 1.807) is 0 Å². The highest BCUT2D eigenvalue weighted by Gasteiger charge is 2.13. The third-order valence-corrected chi connectivity index (χ3v) is 3.93. The molecule has 0 saturated heterocycles. The van der Waals surface area contributed by atoms with Crippen molar-refractivity contribution in [3.05, 3.63) is 0 Å². The summed E-state index contributed by atoms with van der Waals surface area (Å²) >= 11 is 0. The third-order valence-electron chi connectivity index (χ3n) is 3.93. The lowest BCUT2D eigenvalue weighted by molar-refractivity contribution is 0.403. The number of hydrogen-bond donors (Lipinski definition) is 2. The molecule has 4 heteroatoms. The minimum Gasteiger partial charge on any atom is -0.357 e. The fourth-order valence-electron chi connectivity index (χ4n) is 2.82. The van der Waals surface area contributed by atoms with Gasteiger partial charge in [-0.3, -0.25) is 4.99 Å². The normalized spacial score (nSPS) is 16.9. The fraction of sp³-hybridized carbons (Fsp3) is 0.938. The summed E-state index contributed by atoms with van der Waals surface area (Å²) in [5.41, 5.74) is 0. The molecule has 0 aromatic rings. The Bertz CT molecular complexity index is 257. The predicted molar refractivity (Wildman–Crippen MR) is 88.3 cm³/mol. The molecule has 0 atom stereocenters. The molecule has 1 rings (SSSR count). The van der Waals surface area contributed by atoms with Gasteiger partial charge in [-0.15, -0.1) is 0 Å². The Labute approximate surface area is 125 Å². The number of nitrogens with one attached hydrogen (secondary N) is 2. The van der Waals surface area contributed by atoms with Gasteiger partial charge in [0.15, 0.2) is 5.96 Å². The van der Waals surface area contributed by atoms with Crippen molar-refractivity contribution in [2.75, 3.05) is 40.3 Å². The molecule has 0 unspecified atom stereocenters. The maximum absolute atomic E-state index is 4.62. The van der Waals surface area contributed by atoms with E-state index >= 15 is 0 Å². The van der Waals surface area contributed by atoms with E-state index in [-0.39, 0.29) is 0 Å². The lowest BCUT2D eigenvalue weighted by Crippen LogP contribution is -2.38. The standard InChI is InChI=1S/C16H34N4/c1-4-17-16(19-13-8-14-20(2)3)18-12-7-11-15-9-5-6-10-15/h15H,4-14H2,1-3H3,(H2,17,18,19). The van der Waals surface area contributed by atoms with Crippen LogP contribution in [0.4, 0.5) is 0 Å². The van der Waals surface area contributed by atoms with Crippen LogP contribution in [0.15, 0.2) is 4.99 Å². The third kappa shape index (κ3) is 8.41. The van der Waals surface area contributed by atoms with Crippen LogP contribution in [-0.4, -0.2) is 51.1 Å². The van der Waals surface area contributed by atoms with Crippen LogP contribution in [0.1, 0.15) is 51.9 Å². The van der Waals surface area contributed by atoms with Gasteiger partial charge in [-0.25, -0.2) is 0 Å². The highest BCUT2D eigenvalue weighted by Crippen LogP contribution is 2.28. The van der Waals surface area contributed by atoms with Gasteiger partial charge in [0.1, 0.15) is 0 Å². The smallest absolute Gasteiger partial charge is 0.191 e. The van der Waals surface area contributed by atoms with E-state index in [1.165, 1.54) is 38.5 Å². The maximum Gasteiger partial charge on any atom is 0.191 e. The van der Waals surface area contributed by atoms with Crippen LogP contribution in [0.2, 0.25) is 0 Å². The summed E-state index contributed by atoms with van der Waals surface area (Å²) in [6, 6.07) is 0. The van der Waals surface area contributed by atoms with Crippen molar-refractivity contribution in [3.63, 3.8) is 0 Å². The van der Waals surface area contributed by atoms with Crippen LogP contribution in [0.25, 0.3) is 0 Å². The first-order chi connectivity index (χ1) is 9.72. The molecule has 20 heavy (non-hydrogen) atoms. The number of nitrogens with zero attached hydrogens (tertiary/aromatic N) is 2. The number of guanidine groups is 1. The molecule has 0 aromatic carbocycles. The molecule has 0 aliphatic heterocycles. The Kier molecular flexibility index (Phi) is 9.46. The van der Waals surface area contributed by atoms with E-state index < -0.39 is 0 Å². The number of hydrogen-bond acceptors (Lipinski definition) is 2. The quantitative estimate of drug-likeness (QED) is 0.388. The molecular formula is C16H34N4. The van der Waals surface area contributed by atoms with Crippen molar-refractivity contribution in [3.8, 4) is 0 Å². The van der Waals surface area contributed by atoms with Crippen molar-refractivity contribution >= 4 is 5.96 Å². The molecular weight excluding hydrogens is 248 g/mol. The lowest BCUT2D eigenvalue weighted by Gasteiger charge is -2.13. The van der Waals surface area contributed by atoms with E-state index in [2.05, 4.69) is 41.5 Å². The topological polar surface area (TPSA) is 39.7 Å². The zero-order chi connectivity index (χ0) is 14.6. The van der Waals surface area contributed by atoms with Crippen LogP contribution < -0.4 is 10.6 Å². The van der Waals surface area contributed by atoms with Gasteiger partial charge < -0.3 is 15.5 Å². The summed E-state index contributed by atoms with van der Waals surface area (Å²) in [6.07, 6.45) is 9.59. The second kappa shape index (κ2) is 11.0. The molecule has 4 nitrogen and oxygen atoms in total. The van der Waals surface area contributed by atoms with Crippen molar-refractivity contribution in [1.82, 2.24) is 15.5 Å². The molecule has 0 radical (unpaired) electrons. The van der Waals surface area contributed by atoms with Crippen LogP contribution in [0.3, 0.4) is 0 Å². The maximum atomic E-state index is 4.62. The number of aliphatic imine (C=N–C) groups is 1. The Morgan fingerprint density at radius 2 is 1.90 bits per heavy atom. The SMILES string of the molecule is CCNC(=NCCCN(C)C)NCCCC1CCCC1. The predicted octanol–water partition coefficient (Wildman–Crippen LogP) is 2.46. The molecule has 0 aromatic heterocycles. The van der Waals surface area contributed by atoms with E-state index in [1.807, 2.05) is 0 Å². The van der Waals surface area contributed by atoms with Gasteiger partial charge >= 0.3 is 0 Å². The van der Waals surface area contributed by atoms with E-state index in [0.29, 0.717) is 0 Å². The molecule has 0 amide bonds. The summed E-state index contributed by atoms with van der Waals surface area (Å²) in [5.74, 6) is 1.98. The zero-order valence-corrected chi connectivity index (χ0v) is 13.7. The minimum atomic E-state index is 0.899. The average Bonchev–Trinajstić information content (AvgIpc) is 2.92. The molecule has 0 heterocycles. The monoisotopic (exact) mass is 282 g/mol. The molecule has 1 aliphatic carbocycles. The van der Waals surface area contributed by atoms with Crippen molar-refractivity contribution in [1.29, 1.82) is 0 Å². The van der Waals surface area contributed by atoms with E-state index in [0.717, 1.165) is 44.5 Å². The minimum absolute atomic E-state index is 0.899. The van der Waals surface area contributed by atoms with Crippen molar-refractivity contribution < 1.29 is 0 Å². The summed E-state index contributed by atoms with van der Waals surface area (Å²) in [4.78, 5) is 6.83. The average molecular weight is 282 g/mol. The first-order valence-corrected chi connectivity index (χ1v) is 8.39. The Hall–Kier alpha value is -0.770. The van der Waals surface area contributed by atoms with Gasteiger partial charge in [-0.2, -0.15) is 0 Å². The second-order valence-electron chi connectivity index (χ2n) is 6.14. The molecule has 1 aliphatic rings. The first-order valence-electron chi connectivity index (χ1n) is 8.39. The van der Waals surface area contributed by atoms with Crippen molar-refractivity contribution in [2.24, 2.45) is 10.9 Å². The largest absolute Gasteiger partial charge is 0.357 e. The summed E-state index contributed by atoms with van der Waals surface area (Å²) in [7, 11) is 4.21. The Morgan fingerprint density at radius 3 is 2.55 bits per heavy atom. The zero-order valence-electron chi connectivity index (χ0n) is 13.7. The molecule has 118 valence electrons. The summed E-state index contributed by atoms with van der Waals surface area (Å²) in [6.45, 7) is 6.11. The highest BCUT2D eigenvalue weighted by molar-refractivity contribution is 5.79. The van der Waals surface area contributed by atoms with Gasteiger partial charge in [0, 0.05) is 19.6 Å². The lowest BCUT2D eigenvalue weighted by atomic mass is 10.0. The Morgan fingerprint density at radius 1 is 1.15 bits per heavy atom. The van der Waals surface area contributed by atoms with Gasteiger partial charge in [-0.1, -0.05) is 25.7 Å². The molecule has 0 bridgehead atoms. The van der Waals surface area contributed by atoms with Gasteiger partial charge in [0.2, 0.25) is 0 Å². The molecule has 2 N–H and O–H groups in total. The Balaban J connectivity index is 2.11. The van der Waals surface area contributed by atoms with Crippen molar-refractivity contribution in [2.45, 2.75) is 51.9 Å². The van der Waals surface area contributed by atoms with Crippen LogP contribution >= 0.6 is 0 Å². The van der Waals surface area contributed by atoms with Gasteiger partial charge in [0.25, 0.3) is 0 Å². The van der Waals surface area contributed by atoms with Gasteiger partial charge in [0.05, 0.1) is 0 Å². The summed E-state index contributed by atoms with van der Waals surface area (Å²) in [5, 5.41) is 6.78. The molecule has 0 spiro atoms. The van der Waals surface area contributed by atoms with Crippen LogP contribution in [0.5, 0.6) is 0 Å². The van der Waals surface area contributed by atoms with E-state index in [9.17, 15) is 0 Å². The molecule has 1 saturated carbocycles. The second-order valence-corrected chi connectivity index (χ2v) is 6.14.